The summed E-state index contributed by atoms with van der Waals surface area (Å²) in [5.41, 5.74) is 0.820. The van der Waals surface area contributed by atoms with Crippen molar-refractivity contribution in [3.05, 3.63) is 29.8 Å². The average molecular weight is 262 g/mol. The summed E-state index contributed by atoms with van der Waals surface area (Å²) in [6.07, 6.45) is 3.39. The predicted molar refractivity (Wildman–Crippen MR) is 79.7 cm³/mol. The molecule has 0 aliphatic rings. The Kier molecular flexibility index (Phi) is 4.08. The summed E-state index contributed by atoms with van der Waals surface area (Å²) in [5, 5.41) is 23.0. The zero-order valence-corrected chi connectivity index (χ0v) is 11.8. The van der Waals surface area contributed by atoms with Gasteiger partial charge in [0, 0.05) is 21.6 Å². The first-order valence-corrected chi connectivity index (χ1v) is 7.54. The Morgan fingerprint density at radius 3 is 2.28 bits per heavy atom. The second-order valence-electron chi connectivity index (χ2n) is 4.52. The van der Waals surface area contributed by atoms with Gasteiger partial charge < -0.3 is 10.2 Å². The second-order valence-corrected chi connectivity index (χ2v) is 5.88. The highest BCUT2D eigenvalue weighted by Crippen LogP contribution is 2.37. The summed E-state index contributed by atoms with van der Waals surface area (Å²) in [6.45, 7) is 4.05. The molecule has 2 aromatic carbocycles. The molecular formula is C15H19O2P. The average Bonchev–Trinajstić information content (AvgIpc) is 2.40. The Morgan fingerprint density at radius 1 is 1.06 bits per heavy atom. The number of unbranched alkanes of at least 4 members (excludes halogenated alkanes) is 1. The maximum absolute atomic E-state index is 10.3. The first-order chi connectivity index (χ1) is 8.66. The van der Waals surface area contributed by atoms with Crippen LogP contribution in [0.5, 0.6) is 11.5 Å². The minimum absolute atomic E-state index is 0.308. The van der Waals surface area contributed by atoms with Crippen LogP contribution in [0.3, 0.4) is 0 Å². The van der Waals surface area contributed by atoms with Gasteiger partial charge in [-0.15, -0.1) is 0 Å². The van der Waals surface area contributed by atoms with Crippen LogP contribution in [0.25, 0.3) is 10.8 Å². The number of phenols is 2. The summed E-state index contributed by atoms with van der Waals surface area (Å²) < 4.78 is 0. The van der Waals surface area contributed by atoms with E-state index in [-0.39, 0.29) is 0 Å². The molecule has 0 aliphatic carbocycles. The molecule has 2 rings (SSSR count). The quantitative estimate of drug-likeness (QED) is 0.501. The van der Waals surface area contributed by atoms with Crippen LogP contribution >= 0.6 is 8.58 Å². The Balaban J connectivity index is 2.52. The standard InChI is InChI=1S/C15H19O2P/c1-3-4-9-18-15-10(2)13(16)11-7-5-6-8-12(11)14(15)17/h5-8,16-18H,3-4,9H2,1-2H3. The van der Waals surface area contributed by atoms with Crippen molar-refractivity contribution in [2.45, 2.75) is 26.7 Å². The highest BCUT2D eigenvalue weighted by atomic mass is 31.1. The Hall–Kier alpha value is -1.27. The van der Waals surface area contributed by atoms with Crippen LogP contribution in [0, 0.1) is 6.92 Å². The van der Waals surface area contributed by atoms with E-state index in [4.69, 9.17) is 0 Å². The summed E-state index contributed by atoms with van der Waals surface area (Å²) >= 11 is 0. The minimum atomic E-state index is 0.308. The smallest absolute Gasteiger partial charge is 0.131 e. The number of fused-ring (bicyclic) bond motifs is 1. The number of rotatable bonds is 4. The number of aromatic hydroxyl groups is 2. The van der Waals surface area contributed by atoms with E-state index >= 15 is 0 Å². The molecular weight excluding hydrogens is 243 g/mol. The van der Waals surface area contributed by atoms with Gasteiger partial charge in [0.05, 0.1) is 0 Å². The topological polar surface area (TPSA) is 40.5 Å². The molecule has 0 radical (unpaired) electrons. The third-order valence-corrected chi connectivity index (χ3v) is 4.81. The zero-order valence-electron chi connectivity index (χ0n) is 10.8. The molecule has 2 nitrogen and oxygen atoms in total. The third kappa shape index (κ3) is 2.30. The molecule has 0 aliphatic heterocycles. The fraction of sp³-hybridized carbons (Fsp3) is 0.333. The lowest BCUT2D eigenvalue weighted by Crippen LogP contribution is -2.03. The molecule has 3 heteroatoms. The normalized spacial score (nSPS) is 11.7. The lowest BCUT2D eigenvalue weighted by molar-refractivity contribution is 0.469. The number of hydrogen-bond donors (Lipinski definition) is 2. The highest BCUT2D eigenvalue weighted by molar-refractivity contribution is 7.47. The van der Waals surface area contributed by atoms with Crippen molar-refractivity contribution >= 4 is 24.7 Å². The van der Waals surface area contributed by atoms with E-state index in [1.54, 1.807) is 0 Å². The monoisotopic (exact) mass is 262 g/mol. The molecule has 0 spiro atoms. The van der Waals surface area contributed by atoms with Crippen LogP contribution in [0.4, 0.5) is 0 Å². The van der Waals surface area contributed by atoms with E-state index in [0.29, 0.717) is 20.1 Å². The molecule has 0 fully saturated rings. The Labute approximate surface area is 109 Å². The minimum Gasteiger partial charge on any atom is -0.507 e. The fourth-order valence-electron chi connectivity index (χ4n) is 2.14. The Morgan fingerprint density at radius 2 is 1.67 bits per heavy atom. The van der Waals surface area contributed by atoms with Gasteiger partial charge >= 0.3 is 0 Å². The molecule has 0 bridgehead atoms. The molecule has 2 N–H and O–H groups in total. The first kappa shape index (κ1) is 13.2. The summed E-state index contributed by atoms with van der Waals surface area (Å²) in [5.74, 6) is 0.651. The van der Waals surface area contributed by atoms with Crippen molar-refractivity contribution in [1.82, 2.24) is 0 Å². The molecule has 0 aromatic heterocycles. The maximum Gasteiger partial charge on any atom is 0.131 e. The second kappa shape index (κ2) is 5.58. The maximum atomic E-state index is 10.3. The van der Waals surface area contributed by atoms with Crippen molar-refractivity contribution < 1.29 is 10.2 Å². The third-order valence-electron chi connectivity index (χ3n) is 3.24. The van der Waals surface area contributed by atoms with Gasteiger partial charge in [0.15, 0.2) is 0 Å². The molecule has 96 valence electrons. The summed E-state index contributed by atoms with van der Waals surface area (Å²) in [6, 6.07) is 7.46. The first-order valence-electron chi connectivity index (χ1n) is 6.34. The van der Waals surface area contributed by atoms with Crippen LogP contribution in [-0.4, -0.2) is 16.4 Å². The van der Waals surface area contributed by atoms with Gasteiger partial charge in [-0.05, 0) is 19.5 Å². The lowest BCUT2D eigenvalue weighted by atomic mass is 10.0. The van der Waals surface area contributed by atoms with Crippen molar-refractivity contribution in [2.75, 3.05) is 6.16 Å². The fourth-order valence-corrected chi connectivity index (χ4v) is 3.60. The molecule has 1 atom stereocenters. The van der Waals surface area contributed by atoms with Crippen LogP contribution in [0.1, 0.15) is 25.3 Å². The van der Waals surface area contributed by atoms with Gasteiger partial charge in [0.25, 0.3) is 0 Å². The van der Waals surface area contributed by atoms with Gasteiger partial charge in [-0.2, -0.15) is 0 Å². The number of phenolic OH excluding ortho intramolecular Hbond substituents is 2. The molecule has 0 saturated carbocycles. The molecule has 0 heterocycles. The van der Waals surface area contributed by atoms with Gasteiger partial charge in [-0.3, -0.25) is 0 Å². The number of benzene rings is 2. The van der Waals surface area contributed by atoms with Crippen molar-refractivity contribution in [1.29, 1.82) is 0 Å². The molecule has 2 aromatic rings. The van der Waals surface area contributed by atoms with Crippen LogP contribution < -0.4 is 5.30 Å². The van der Waals surface area contributed by atoms with Crippen LogP contribution in [0.15, 0.2) is 24.3 Å². The van der Waals surface area contributed by atoms with E-state index < -0.39 is 0 Å². The van der Waals surface area contributed by atoms with E-state index in [1.807, 2.05) is 31.2 Å². The zero-order chi connectivity index (χ0) is 13.1. The largest absolute Gasteiger partial charge is 0.507 e. The lowest BCUT2D eigenvalue weighted by Gasteiger charge is -2.14. The Bertz CT molecular complexity index is 564. The van der Waals surface area contributed by atoms with E-state index in [0.717, 1.165) is 40.6 Å². The summed E-state index contributed by atoms with van der Waals surface area (Å²) in [7, 11) is 0.559. The van der Waals surface area contributed by atoms with Crippen molar-refractivity contribution in [3.8, 4) is 11.5 Å². The van der Waals surface area contributed by atoms with E-state index in [9.17, 15) is 10.2 Å². The number of hydrogen-bond acceptors (Lipinski definition) is 2. The van der Waals surface area contributed by atoms with Crippen LogP contribution in [-0.2, 0) is 0 Å². The molecule has 0 amide bonds. The highest BCUT2D eigenvalue weighted by Gasteiger charge is 2.14. The van der Waals surface area contributed by atoms with E-state index in [1.165, 1.54) is 0 Å². The molecule has 18 heavy (non-hydrogen) atoms. The van der Waals surface area contributed by atoms with Gasteiger partial charge in [-0.1, -0.05) is 46.2 Å². The van der Waals surface area contributed by atoms with Crippen molar-refractivity contribution in [2.24, 2.45) is 0 Å². The van der Waals surface area contributed by atoms with E-state index in [2.05, 4.69) is 6.92 Å². The summed E-state index contributed by atoms with van der Waals surface area (Å²) in [4.78, 5) is 0. The predicted octanol–water partition coefficient (Wildman–Crippen LogP) is 3.66. The van der Waals surface area contributed by atoms with Crippen LogP contribution in [0.2, 0.25) is 0 Å². The van der Waals surface area contributed by atoms with Gasteiger partial charge in [0.1, 0.15) is 11.5 Å². The molecule has 1 unspecified atom stereocenters. The van der Waals surface area contributed by atoms with Gasteiger partial charge in [-0.25, -0.2) is 0 Å². The van der Waals surface area contributed by atoms with Crippen molar-refractivity contribution in [3.63, 3.8) is 0 Å². The molecule has 0 saturated heterocycles. The van der Waals surface area contributed by atoms with Gasteiger partial charge in [0.2, 0.25) is 0 Å². The SMILES string of the molecule is CCCCPc1c(C)c(O)c2ccccc2c1O.